The minimum atomic E-state index is -0.356. The Morgan fingerprint density at radius 2 is 1.64 bits per heavy atom. The Labute approximate surface area is 130 Å². The highest BCUT2D eigenvalue weighted by Gasteiger charge is 2.10. The zero-order chi connectivity index (χ0) is 15.8. The fourth-order valence-corrected chi connectivity index (χ4v) is 1.98. The van der Waals surface area contributed by atoms with Crippen LogP contribution in [-0.4, -0.2) is 20.2 Å². The van der Waals surface area contributed by atoms with Gasteiger partial charge in [0.15, 0.2) is 0 Å². The molecule has 3 heteroatoms. The third-order valence-corrected chi connectivity index (χ3v) is 3.16. The number of methoxy groups -OCH3 is 2. The van der Waals surface area contributed by atoms with Gasteiger partial charge in [0.25, 0.3) is 0 Å². The maximum atomic E-state index is 11.9. The molecule has 3 nitrogen and oxygen atoms in total. The molecule has 0 aliphatic heterocycles. The molecule has 0 bridgehead atoms. The third-order valence-electron chi connectivity index (χ3n) is 3.16. The molecule has 0 radical (unpaired) electrons. The van der Waals surface area contributed by atoms with Crippen LogP contribution in [0.1, 0.15) is 11.1 Å². The van der Waals surface area contributed by atoms with Crippen LogP contribution < -0.4 is 4.74 Å². The van der Waals surface area contributed by atoms with Crippen molar-refractivity contribution in [2.75, 3.05) is 14.2 Å². The zero-order valence-electron chi connectivity index (χ0n) is 12.7. The maximum absolute atomic E-state index is 11.9. The predicted molar refractivity (Wildman–Crippen MR) is 88.5 cm³/mol. The lowest BCUT2D eigenvalue weighted by molar-refractivity contribution is -0.133. The molecule has 0 amide bonds. The summed E-state index contributed by atoms with van der Waals surface area (Å²) in [6.45, 7) is 0. The van der Waals surface area contributed by atoms with Gasteiger partial charge in [-0.25, -0.2) is 4.79 Å². The van der Waals surface area contributed by atoms with Crippen LogP contribution >= 0.6 is 0 Å². The van der Waals surface area contributed by atoms with E-state index >= 15 is 0 Å². The summed E-state index contributed by atoms with van der Waals surface area (Å²) >= 11 is 0. The van der Waals surface area contributed by atoms with Gasteiger partial charge < -0.3 is 9.47 Å². The smallest absolute Gasteiger partial charge is 0.338 e. The fourth-order valence-electron chi connectivity index (χ4n) is 1.98. The van der Waals surface area contributed by atoms with Crippen LogP contribution in [-0.2, 0) is 9.53 Å². The topological polar surface area (TPSA) is 35.5 Å². The van der Waals surface area contributed by atoms with Gasteiger partial charge in [-0.3, -0.25) is 0 Å². The molecule has 0 saturated carbocycles. The number of hydrogen-bond acceptors (Lipinski definition) is 3. The van der Waals surface area contributed by atoms with Crippen LogP contribution in [0.15, 0.2) is 66.7 Å². The molecular formula is C19H18O3. The second-order valence-corrected chi connectivity index (χ2v) is 4.57. The molecule has 0 aliphatic rings. The highest BCUT2D eigenvalue weighted by Crippen LogP contribution is 2.17. The minimum absolute atomic E-state index is 0.356. The molecule has 0 atom stereocenters. The molecule has 0 fully saturated rings. The zero-order valence-corrected chi connectivity index (χ0v) is 12.7. The molecular weight excluding hydrogens is 276 g/mol. The quantitative estimate of drug-likeness (QED) is 0.475. The van der Waals surface area contributed by atoms with E-state index < -0.39 is 0 Å². The molecule has 0 N–H and O–H groups in total. The van der Waals surface area contributed by atoms with E-state index in [2.05, 4.69) is 0 Å². The van der Waals surface area contributed by atoms with Gasteiger partial charge in [-0.05, 0) is 29.3 Å². The summed E-state index contributed by atoms with van der Waals surface area (Å²) in [6, 6.07) is 17.1. The van der Waals surface area contributed by atoms with Crippen molar-refractivity contribution in [1.29, 1.82) is 0 Å². The van der Waals surface area contributed by atoms with Crippen molar-refractivity contribution >= 4 is 17.6 Å². The molecule has 0 heterocycles. The lowest BCUT2D eigenvalue weighted by Gasteiger charge is -2.04. The van der Waals surface area contributed by atoms with E-state index in [0.29, 0.717) is 5.57 Å². The number of carbonyl (C=O) groups excluding carboxylic acids is 1. The van der Waals surface area contributed by atoms with Gasteiger partial charge in [-0.2, -0.15) is 0 Å². The average molecular weight is 294 g/mol. The van der Waals surface area contributed by atoms with Crippen molar-refractivity contribution in [3.63, 3.8) is 0 Å². The van der Waals surface area contributed by atoms with E-state index in [9.17, 15) is 4.79 Å². The first-order valence-electron chi connectivity index (χ1n) is 6.90. The van der Waals surface area contributed by atoms with E-state index in [-0.39, 0.29) is 5.97 Å². The van der Waals surface area contributed by atoms with Gasteiger partial charge in [0.2, 0.25) is 0 Å². The van der Waals surface area contributed by atoms with Crippen LogP contribution in [0.4, 0.5) is 0 Å². The van der Waals surface area contributed by atoms with Crippen LogP contribution in [0.2, 0.25) is 0 Å². The number of benzene rings is 2. The summed E-state index contributed by atoms with van der Waals surface area (Å²) in [7, 11) is 3.02. The Morgan fingerprint density at radius 3 is 2.23 bits per heavy atom. The van der Waals surface area contributed by atoms with Crippen LogP contribution in [0.5, 0.6) is 5.75 Å². The van der Waals surface area contributed by atoms with Crippen LogP contribution in [0.25, 0.3) is 11.6 Å². The summed E-state index contributed by atoms with van der Waals surface area (Å²) in [5.74, 6) is 0.456. The van der Waals surface area contributed by atoms with Crippen molar-refractivity contribution in [3.8, 4) is 5.75 Å². The van der Waals surface area contributed by atoms with Gasteiger partial charge in [0, 0.05) is 0 Å². The Bertz CT molecular complexity index is 668. The first kappa shape index (κ1) is 15.6. The molecule has 0 aromatic heterocycles. The molecule has 2 aromatic carbocycles. The van der Waals surface area contributed by atoms with E-state index in [1.165, 1.54) is 7.11 Å². The molecule has 0 aliphatic carbocycles. The van der Waals surface area contributed by atoms with Crippen LogP contribution in [0, 0.1) is 0 Å². The monoisotopic (exact) mass is 294 g/mol. The summed E-state index contributed by atoms with van der Waals surface area (Å²) < 4.78 is 9.96. The van der Waals surface area contributed by atoms with Gasteiger partial charge >= 0.3 is 5.97 Å². The van der Waals surface area contributed by atoms with Crippen molar-refractivity contribution in [3.05, 3.63) is 77.9 Å². The third kappa shape index (κ3) is 4.09. The van der Waals surface area contributed by atoms with E-state index in [1.807, 2.05) is 66.7 Å². The van der Waals surface area contributed by atoms with Gasteiger partial charge in [-0.1, -0.05) is 54.6 Å². The highest BCUT2D eigenvalue weighted by molar-refractivity contribution is 6.16. The van der Waals surface area contributed by atoms with E-state index in [1.54, 1.807) is 13.2 Å². The lowest BCUT2D eigenvalue weighted by atomic mass is 10.1. The normalized spacial score (nSPS) is 11.5. The Balaban J connectivity index is 2.22. The second kappa shape index (κ2) is 7.84. The summed E-state index contributed by atoms with van der Waals surface area (Å²) in [5.41, 5.74) is 2.37. The van der Waals surface area contributed by atoms with Crippen molar-refractivity contribution in [2.24, 2.45) is 0 Å². The standard InChI is InChI=1S/C19H18O3/c1-21-17-13-11-15(12-14-17)7-6-10-18(19(20)22-2)16-8-4-3-5-9-16/h3-14H,1-2H3/b7-6+,18-10+. The SMILES string of the molecule is COC(=O)/C(=C/C=C/c1ccc(OC)cc1)c1ccccc1. The highest BCUT2D eigenvalue weighted by atomic mass is 16.5. The Morgan fingerprint density at radius 1 is 0.955 bits per heavy atom. The summed E-state index contributed by atoms with van der Waals surface area (Å²) in [6.07, 6.45) is 5.51. The van der Waals surface area contributed by atoms with Crippen molar-refractivity contribution < 1.29 is 14.3 Å². The molecule has 0 saturated heterocycles. The number of rotatable bonds is 5. The Hall–Kier alpha value is -2.81. The van der Waals surface area contributed by atoms with E-state index in [0.717, 1.165) is 16.9 Å². The van der Waals surface area contributed by atoms with Crippen molar-refractivity contribution in [2.45, 2.75) is 0 Å². The van der Waals surface area contributed by atoms with Crippen LogP contribution in [0.3, 0.4) is 0 Å². The minimum Gasteiger partial charge on any atom is -0.497 e. The molecule has 2 aromatic rings. The number of carbonyl (C=O) groups is 1. The number of allylic oxidation sites excluding steroid dienone is 2. The van der Waals surface area contributed by atoms with Gasteiger partial charge in [0.1, 0.15) is 5.75 Å². The second-order valence-electron chi connectivity index (χ2n) is 4.57. The lowest BCUT2D eigenvalue weighted by Crippen LogP contribution is -2.03. The van der Waals surface area contributed by atoms with E-state index in [4.69, 9.17) is 9.47 Å². The predicted octanol–water partition coefficient (Wildman–Crippen LogP) is 3.97. The number of hydrogen-bond donors (Lipinski definition) is 0. The largest absolute Gasteiger partial charge is 0.497 e. The van der Waals surface area contributed by atoms with Gasteiger partial charge in [0.05, 0.1) is 19.8 Å². The molecule has 0 unspecified atom stereocenters. The number of esters is 1. The number of ether oxygens (including phenoxy) is 2. The first-order valence-corrected chi connectivity index (χ1v) is 6.90. The average Bonchev–Trinajstić information content (AvgIpc) is 2.59. The van der Waals surface area contributed by atoms with Crippen molar-refractivity contribution in [1.82, 2.24) is 0 Å². The summed E-state index contributed by atoms with van der Waals surface area (Å²) in [4.78, 5) is 11.9. The first-order chi connectivity index (χ1) is 10.7. The fraction of sp³-hybridized carbons (Fsp3) is 0.105. The molecule has 0 spiro atoms. The Kier molecular flexibility index (Phi) is 5.55. The summed E-state index contributed by atoms with van der Waals surface area (Å²) in [5, 5.41) is 0. The molecule has 22 heavy (non-hydrogen) atoms. The molecule has 2 rings (SSSR count). The maximum Gasteiger partial charge on any atom is 0.338 e. The van der Waals surface area contributed by atoms with Gasteiger partial charge in [-0.15, -0.1) is 0 Å². The molecule has 112 valence electrons.